The van der Waals surface area contributed by atoms with Crippen molar-refractivity contribution in [3.8, 4) is 0 Å². The second-order valence-electron chi connectivity index (χ2n) is 3.36. The van der Waals surface area contributed by atoms with Crippen LogP contribution in [0.15, 0.2) is 0 Å². The molecule has 0 saturated carbocycles. The number of rotatable bonds is 5. The Hall–Kier alpha value is -0.130. The first-order valence-corrected chi connectivity index (χ1v) is 5.64. The summed E-state index contributed by atoms with van der Waals surface area (Å²) in [5.41, 5.74) is 0. The third-order valence-corrected chi connectivity index (χ3v) is 2.73. The van der Waals surface area contributed by atoms with Gasteiger partial charge in [-0.05, 0) is 6.42 Å². The van der Waals surface area contributed by atoms with Crippen molar-refractivity contribution in [2.24, 2.45) is 5.92 Å². The lowest BCUT2D eigenvalue weighted by Gasteiger charge is -2.12. The summed E-state index contributed by atoms with van der Waals surface area (Å²) >= 11 is 3.40. The molecule has 1 fully saturated rings. The lowest BCUT2D eigenvalue weighted by molar-refractivity contribution is -0.124. The number of hydrogen-bond donors (Lipinski definition) is 1. The Morgan fingerprint density at radius 1 is 1.79 bits per heavy atom. The number of carbonyl (C=O) groups excluding carboxylic acids is 1. The van der Waals surface area contributed by atoms with E-state index in [1.807, 2.05) is 0 Å². The van der Waals surface area contributed by atoms with Crippen molar-refractivity contribution in [1.82, 2.24) is 5.32 Å². The maximum Gasteiger partial charge on any atom is 0.225 e. The maximum absolute atomic E-state index is 11.5. The Morgan fingerprint density at radius 3 is 3.14 bits per heavy atom. The molecule has 1 aliphatic rings. The van der Waals surface area contributed by atoms with Gasteiger partial charge in [0.05, 0.1) is 24.0 Å². The minimum atomic E-state index is 0.0391. The summed E-state index contributed by atoms with van der Waals surface area (Å²) in [6.07, 6.45) is 0.836. The van der Waals surface area contributed by atoms with Crippen LogP contribution in [-0.4, -0.2) is 44.2 Å². The lowest BCUT2D eigenvalue weighted by Crippen LogP contribution is -2.36. The maximum atomic E-state index is 11.5. The largest absolute Gasteiger partial charge is 0.383 e. The molecule has 1 amide bonds. The van der Waals surface area contributed by atoms with E-state index >= 15 is 0 Å². The summed E-state index contributed by atoms with van der Waals surface area (Å²) in [7, 11) is 1.64. The smallest absolute Gasteiger partial charge is 0.225 e. The molecule has 82 valence electrons. The van der Waals surface area contributed by atoms with Crippen molar-refractivity contribution in [1.29, 1.82) is 0 Å². The van der Waals surface area contributed by atoms with Crippen LogP contribution < -0.4 is 5.32 Å². The second-order valence-corrected chi connectivity index (χ2v) is 4.65. The number of methoxy groups -OCH3 is 1. The molecule has 1 rings (SSSR count). The molecule has 0 radical (unpaired) electrons. The fourth-order valence-electron chi connectivity index (χ4n) is 1.34. The zero-order valence-electron chi connectivity index (χ0n) is 8.29. The molecule has 0 aromatic heterocycles. The quantitative estimate of drug-likeness (QED) is 0.739. The van der Waals surface area contributed by atoms with Gasteiger partial charge in [0, 0.05) is 20.3 Å². The van der Waals surface area contributed by atoms with E-state index < -0.39 is 0 Å². The van der Waals surface area contributed by atoms with Crippen molar-refractivity contribution in [3.63, 3.8) is 0 Å². The van der Waals surface area contributed by atoms with Crippen LogP contribution >= 0.6 is 15.9 Å². The van der Waals surface area contributed by atoms with Gasteiger partial charge in [-0.15, -0.1) is 0 Å². The average Bonchev–Trinajstić information content (AvgIpc) is 2.67. The molecule has 0 bridgehead atoms. The van der Waals surface area contributed by atoms with E-state index in [0.717, 1.165) is 6.42 Å². The van der Waals surface area contributed by atoms with E-state index in [9.17, 15) is 4.79 Å². The van der Waals surface area contributed by atoms with E-state index in [0.29, 0.717) is 26.4 Å². The minimum Gasteiger partial charge on any atom is -0.383 e. The summed E-state index contributed by atoms with van der Waals surface area (Å²) in [5.74, 6) is 0.125. The summed E-state index contributed by atoms with van der Waals surface area (Å²) in [6, 6.07) is 0. The minimum absolute atomic E-state index is 0.0391. The summed E-state index contributed by atoms with van der Waals surface area (Å²) in [5, 5.41) is 2.86. The number of amides is 1. The molecule has 4 nitrogen and oxygen atoms in total. The summed E-state index contributed by atoms with van der Waals surface area (Å²) in [4.78, 5) is 11.7. The molecule has 1 saturated heterocycles. The molecule has 14 heavy (non-hydrogen) atoms. The van der Waals surface area contributed by atoms with Gasteiger partial charge in [-0.2, -0.15) is 0 Å². The van der Waals surface area contributed by atoms with Crippen LogP contribution in [0, 0.1) is 5.92 Å². The van der Waals surface area contributed by atoms with Gasteiger partial charge in [-0.3, -0.25) is 4.79 Å². The van der Waals surface area contributed by atoms with Crippen LogP contribution in [0.3, 0.4) is 0 Å². The monoisotopic (exact) mass is 265 g/mol. The third kappa shape index (κ3) is 3.94. The van der Waals surface area contributed by atoms with Gasteiger partial charge in [-0.1, -0.05) is 15.9 Å². The van der Waals surface area contributed by atoms with Crippen LogP contribution in [0.25, 0.3) is 0 Å². The van der Waals surface area contributed by atoms with Crippen molar-refractivity contribution >= 4 is 21.8 Å². The Bertz CT molecular complexity index is 183. The molecule has 1 heterocycles. The number of nitrogens with one attached hydrogen (secondary N) is 1. The topological polar surface area (TPSA) is 47.6 Å². The highest BCUT2D eigenvalue weighted by molar-refractivity contribution is 9.09. The third-order valence-electron chi connectivity index (χ3n) is 2.15. The predicted octanol–water partition coefficient (Wildman–Crippen LogP) is 0.549. The molecular weight excluding hydrogens is 250 g/mol. The Kier molecular flexibility index (Phi) is 5.44. The average molecular weight is 266 g/mol. The first-order valence-electron chi connectivity index (χ1n) is 4.72. The highest BCUT2D eigenvalue weighted by atomic mass is 79.9. The number of carbonyl (C=O) groups is 1. The van der Waals surface area contributed by atoms with Gasteiger partial charge in [0.2, 0.25) is 5.91 Å². The van der Waals surface area contributed by atoms with Gasteiger partial charge in [0.15, 0.2) is 0 Å². The van der Waals surface area contributed by atoms with E-state index in [4.69, 9.17) is 9.47 Å². The number of ether oxygens (including phenoxy) is 2. The molecule has 1 aliphatic heterocycles. The normalized spacial score (nSPS) is 23.4. The molecule has 5 heteroatoms. The second kappa shape index (κ2) is 6.37. The molecule has 2 unspecified atom stereocenters. The molecule has 0 spiro atoms. The Balaban J connectivity index is 2.13. The molecular formula is C9H16BrNO3. The van der Waals surface area contributed by atoms with Crippen molar-refractivity contribution < 1.29 is 14.3 Å². The van der Waals surface area contributed by atoms with Crippen LogP contribution in [0.4, 0.5) is 0 Å². The van der Waals surface area contributed by atoms with Gasteiger partial charge < -0.3 is 14.8 Å². The van der Waals surface area contributed by atoms with Crippen molar-refractivity contribution in [3.05, 3.63) is 0 Å². The van der Waals surface area contributed by atoms with Crippen LogP contribution in [0.1, 0.15) is 6.42 Å². The van der Waals surface area contributed by atoms with Gasteiger partial charge >= 0.3 is 0 Å². The van der Waals surface area contributed by atoms with E-state index in [2.05, 4.69) is 21.2 Å². The van der Waals surface area contributed by atoms with Crippen LogP contribution in [0.2, 0.25) is 0 Å². The zero-order chi connectivity index (χ0) is 10.4. The summed E-state index contributed by atoms with van der Waals surface area (Å²) in [6.45, 7) is 2.46. The number of hydrogen-bond acceptors (Lipinski definition) is 3. The predicted molar refractivity (Wildman–Crippen MR) is 56.5 cm³/mol. The van der Waals surface area contributed by atoms with Gasteiger partial charge in [0.25, 0.3) is 0 Å². The highest BCUT2D eigenvalue weighted by Gasteiger charge is 2.23. The SMILES string of the molecule is COCC(Br)CNC(=O)C1CCOC1. The standard InChI is InChI=1S/C9H16BrNO3/c1-13-6-8(10)4-11-9(12)7-2-3-14-5-7/h7-8H,2-6H2,1H3,(H,11,12). The Morgan fingerprint density at radius 2 is 2.57 bits per heavy atom. The molecule has 0 aliphatic carbocycles. The molecule has 0 aromatic rings. The van der Waals surface area contributed by atoms with Crippen molar-refractivity contribution in [2.75, 3.05) is 33.5 Å². The lowest BCUT2D eigenvalue weighted by atomic mass is 10.1. The van der Waals surface area contributed by atoms with Gasteiger partial charge in [-0.25, -0.2) is 0 Å². The van der Waals surface area contributed by atoms with Crippen LogP contribution in [-0.2, 0) is 14.3 Å². The fourth-order valence-corrected chi connectivity index (χ4v) is 1.76. The Labute approximate surface area is 92.5 Å². The highest BCUT2D eigenvalue weighted by Crippen LogP contribution is 2.12. The molecule has 2 atom stereocenters. The molecule has 0 aromatic carbocycles. The van der Waals surface area contributed by atoms with E-state index in [1.165, 1.54) is 0 Å². The first kappa shape index (κ1) is 11.9. The van der Waals surface area contributed by atoms with Gasteiger partial charge in [0.1, 0.15) is 0 Å². The fraction of sp³-hybridized carbons (Fsp3) is 0.889. The van der Waals surface area contributed by atoms with E-state index in [-0.39, 0.29) is 16.7 Å². The molecule has 1 N–H and O–H groups in total. The summed E-state index contributed by atoms with van der Waals surface area (Å²) < 4.78 is 10.1. The van der Waals surface area contributed by atoms with Crippen LogP contribution in [0.5, 0.6) is 0 Å². The van der Waals surface area contributed by atoms with E-state index in [1.54, 1.807) is 7.11 Å². The number of halogens is 1. The first-order chi connectivity index (χ1) is 6.74. The zero-order valence-corrected chi connectivity index (χ0v) is 9.88. The van der Waals surface area contributed by atoms with Crippen molar-refractivity contribution in [2.45, 2.75) is 11.2 Å². The number of alkyl halides is 1.